The van der Waals surface area contributed by atoms with E-state index in [4.69, 9.17) is 9.05 Å². The van der Waals surface area contributed by atoms with E-state index in [9.17, 15) is 4.79 Å². The molecular formula is C18H19N5O3. The SMILES string of the molecule is Cc1cc([C@H]2CCCN2C(=O)CCc2nc(-c3ccncc3)no2)on1. The average molecular weight is 353 g/mol. The lowest BCUT2D eigenvalue weighted by Crippen LogP contribution is -2.30. The monoisotopic (exact) mass is 353 g/mol. The van der Waals surface area contributed by atoms with Crippen molar-refractivity contribution in [3.05, 3.63) is 47.9 Å². The first kappa shape index (κ1) is 16.4. The predicted molar refractivity (Wildman–Crippen MR) is 90.8 cm³/mol. The Labute approximate surface area is 150 Å². The molecule has 0 bridgehead atoms. The van der Waals surface area contributed by atoms with E-state index in [-0.39, 0.29) is 11.9 Å². The molecule has 4 heterocycles. The van der Waals surface area contributed by atoms with Crippen molar-refractivity contribution in [2.24, 2.45) is 0 Å². The maximum atomic E-state index is 12.7. The minimum absolute atomic E-state index is 0.0289. The van der Waals surface area contributed by atoms with E-state index in [0.29, 0.717) is 24.6 Å². The number of hydrogen-bond donors (Lipinski definition) is 0. The summed E-state index contributed by atoms with van der Waals surface area (Å²) in [6, 6.07) is 5.50. The lowest BCUT2D eigenvalue weighted by molar-refractivity contribution is -0.132. The normalized spacial score (nSPS) is 17.0. The summed E-state index contributed by atoms with van der Waals surface area (Å²) in [6.07, 6.45) is 5.94. The van der Waals surface area contributed by atoms with Crippen molar-refractivity contribution in [3.8, 4) is 11.4 Å². The second kappa shape index (κ2) is 7.07. The van der Waals surface area contributed by atoms with E-state index >= 15 is 0 Å². The molecule has 0 aliphatic carbocycles. The van der Waals surface area contributed by atoms with Gasteiger partial charge in [-0.25, -0.2) is 0 Å². The fraction of sp³-hybridized carbons (Fsp3) is 0.389. The largest absolute Gasteiger partial charge is 0.359 e. The molecule has 4 rings (SSSR count). The quantitative estimate of drug-likeness (QED) is 0.695. The van der Waals surface area contributed by atoms with Crippen LogP contribution in [0.1, 0.15) is 42.6 Å². The third-order valence-corrected chi connectivity index (χ3v) is 4.51. The molecule has 134 valence electrons. The first-order chi connectivity index (χ1) is 12.7. The number of carbonyl (C=O) groups excluding carboxylic acids is 1. The molecule has 1 saturated heterocycles. The first-order valence-corrected chi connectivity index (χ1v) is 8.66. The van der Waals surface area contributed by atoms with Crippen LogP contribution in [0.5, 0.6) is 0 Å². The Hall–Kier alpha value is -3.03. The van der Waals surface area contributed by atoms with Crippen LogP contribution in [0.3, 0.4) is 0 Å². The van der Waals surface area contributed by atoms with E-state index in [0.717, 1.165) is 36.4 Å². The van der Waals surface area contributed by atoms with Crippen LogP contribution in [0.25, 0.3) is 11.4 Å². The van der Waals surface area contributed by atoms with Gasteiger partial charge in [0.1, 0.15) is 0 Å². The van der Waals surface area contributed by atoms with Gasteiger partial charge in [-0.2, -0.15) is 4.98 Å². The highest BCUT2D eigenvalue weighted by Gasteiger charge is 2.32. The van der Waals surface area contributed by atoms with Crippen LogP contribution in [0.15, 0.2) is 39.6 Å². The number of nitrogens with zero attached hydrogens (tertiary/aromatic N) is 5. The van der Waals surface area contributed by atoms with Gasteiger partial charge < -0.3 is 13.9 Å². The third-order valence-electron chi connectivity index (χ3n) is 4.51. The summed E-state index contributed by atoms with van der Waals surface area (Å²) >= 11 is 0. The summed E-state index contributed by atoms with van der Waals surface area (Å²) in [5, 5.41) is 7.89. The summed E-state index contributed by atoms with van der Waals surface area (Å²) in [5.74, 6) is 1.78. The van der Waals surface area contributed by atoms with Crippen LogP contribution in [-0.4, -0.2) is 37.6 Å². The number of likely N-dealkylation sites (tertiary alicyclic amines) is 1. The zero-order chi connectivity index (χ0) is 17.9. The van der Waals surface area contributed by atoms with E-state index in [2.05, 4.69) is 20.3 Å². The van der Waals surface area contributed by atoms with Crippen LogP contribution >= 0.6 is 0 Å². The number of aromatic nitrogens is 4. The summed E-state index contributed by atoms with van der Waals surface area (Å²) in [5.41, 5.74) is 1.66. The van der Waals surface area contributed by atoms with Crippen molar-refractivity contribution in [1.82, 2.24) is 25.2 Å². The predicted octanol–water partition coefficient (Wildman–Crippen LogP) is 2.72. The molecule has 3 aromatic rings. The minimum Gasteiger partial charge on any atom is -0.359 e. The third kappa shape index (κ3) is 3.35. The maximum Gasteiger partial charge on any atom is 0.227 e. The molecule has 0 saturated carbocycles. The average Bonchev–Trinajstić information content (AvgIpc) is 3.40. The smallest absolute Gasteiger partial charge is 0.227 e. The van der Waals surface area contributed by atoms with Gasteiger partial charge in [-0.05, 0) is 31.9 Å². The Bertz CT molecular complexity index is 889. The molecule has 3 aromatic heterocycles. The Kier molecular flexibility index (Phi) is 4.47. The highest BCUT2D eigenvalue weighted by molar-refractivity contribution is 5.77. The van der Waals surface area contributed by atoms with Gasteiger partial charge >= 0.3 is 0 Å². The van der Waals surface area contributed by atoms with Gasteiger partial charge in [-0.15, -0.1) is 0 Å². The minimum atomic E-state index is -0.0289. The van der Waals surface area contributed by atoms with Crippen molar-refractivity contribution in [2.45, 2.75) is 38.6 Å². The highest BCUT2D eigenvalue weighted by atomic mass is 16.5. The number of pyridine rings is 1. The number of amides is 1. The molecule has 0 N–H and O–H groups in total. The molecule has 1 fully saturated rings. The van der Waals surface area contributed by atoms with E-state index in [1.807, 2.05) is 30.0 Å². The second-order valence-electron chi connectivity index (χ2n) is 6.36. The fourth-order valence-corrected chi connectivity index (χ4v) is 3.23. The molecule has 8 heteroatoms. The molecule has 0 aromatic carbocycles. The van der Waals surface area contributed by atoms with Crippen molar-refractivity contribution < 1.29 is 13.8 Å². The van der Waals surface area contributed by atoms with Crippen molar-refractivity contribution in [1.29, 1.82) is 0 Å². The van der Waals surface area contributed by atoms with E-state index in [1.165, 1.54) is 0 Å². The van der Waals surface area contributed by atoms with E-state index < -0.39 is 0 Å². The molecular weight excluding hydrogens is 334 g/mol. The molecule has 1 amide bonds. The van der Waals surface area contributed by atoms with E-state index in [1.54, 1.807) is 12.4 Å². The number of hydrogen-bond acceptors (Lipinski definition) is 7. The number of aryl methyl sites for hydroxylation is 2. The van der Waals surface area contributed by atoms with Gasteiger partial charge in [0.25, 0.3) is 0 Å². The molecule has 1 aliphatic heterocycles. The Morgan fingerprint density at radius 1 is 1.27 bits per heavy atom. The van der Waals surface area contributed by atoms with Gasteiger partial charge in [0.15, 0.2) is 5.76 Å². The topological polar surface area (TPSA) is 98.2 Å². The second-order valence-corrected chi connectivity index (χ2v) is 6.36. The molecule has 0 radical (unpaired) electrons. The summed E-state index contributed by atoms with van der Waals surface area (Å²) in [7, 11) is 0. The summed E-state index contributed by atoms with van der Waals surface area (Å²) in [4.78, 5) is 22.8. The lowest BCUT2D eigenvalue weighted by Gasteiger charge is -2.22. The van der Waals surface area contributed by atoms with Gasteiger partial charge in [0, 0.05) is 43.4 Å². The highest BCUT2D eigenvalue weighted by Crippen LogP contribution is 2.32. The first-order valence-electron chi connectivity index (χ1n) is 8.66. The Morgan fingerprint density at radius 3 is 2.88 bits per heavy atom. The van der Waals surface area contributed by atoms with Gasteiger partial charge in [0.2, 0.25) is 17.6 Å². The molecule has 0 unspecified atom stereocenters. The van der Waals surface area contributed by atoms with Crippen molar-refractivity contribution >= 4 is 5.91 Å². The van der Waals surface area contributed by atoms with Crippen molar-refractivity contribution in [3.63, 3.8) is 0 Å². The number of carbonyl (C=O) groups is 1. The molecule has 1 aliphatic rings. The van der Waals surface area contributed by atoms with Crippen molar-refractivity contribution in [2.75, 3.05) is 6.54 Å². The van der Waals surface area contributed by atoms with Gasteiger partial charge in [0.05, 0.1) is 11.7 Å². The van der Waals surface area contributed by atoms with Crippen LogP contribution in [0.2, 0.25) is 0 Å². The van der Waals surface area contributed by atoms with Crippen LogP contribution in [0, 0.1) is 6.92 Å². The number of rotatable bonds is 5. The maximum absolute atomic E-state index is 12.7. The molecule has 26 heavy (non-hydrogen) atoms. The van der Waals surface area contributed by atoms with Crippen LogP contribution in [-0.2, 0) is 11.2 Å². The van der Waals surface area contributed by atoms with Crippen LogP contribution < -0.4 is 0 Å². The zero-order valence-corrected chi connectivity index (χ0v) is 14.5. The lowest BCUT2D eigenvalue weighted by atomic mass is 10.1. The summed E-state index contributed by atoms with van der Waals surface area (Å²) in [6.45, 7) is 2.61. The standard InChI is InChI=1S/C18H19N5O3/c1-12-11-15(25-21-12)14-3-2-10-23(14)17(24)5-4-16-20-18(22-26-16)13-6-8-19-9-7-13/h6-9,11,14H,2-5,10H2,1H3/t14-/m1/s1. The molecule has 0 spiro atoms. The van der Waals surface area contributed by atoms with Gasteiger partial charge in [-0.1, -0.05) is 10.3 Å². The summed E-state index contributed by atoms with van der Waals surface area (Å²) < 4.78 is 10.6. The molecule has 1 atom stereocenters. The fourth-order valence-electron chi connectivity index (χ4n) is 3.23. The zero-order valence-electron chi connectivity index (χ0n) is 14.5. The van der Waals surface area contributed by atoms with Crippen LogP contribution in [0.4, 0.5) is 0 Å². The Balaban J connectivity index is 1.39. The van der Waals surface area contributed by atoms with Gasteiger partial charge in [-0.3, -0.25) is 9.78 Å². The Morgan fingerprint density at radius 2 is 2.12 bits per heavy atom. The molecule has 8 nitrogen and oxygen atoms in total.